The molecule has 0 N–H and O–H groups in total. The van der Waals surface area contributed by atoms with E-state index in [0.29, 0.717) is 12.2 Å². The van der Waals surface area contributed by atoms with Gasteiger partial charge in [0.1, 0.15) is 5.65 Å². The summed E-state index contributed by atoms with van der Waals surface area (Å²) in [6.07, 6.45) is 1.46. The topological polar surface area (TPSA) is 93.6 Å². The van der Waals surface area contributed by atoms with E-state index in [1.54, 1.807) is 30.1 Å². The highest BCUT2D eigenvalue weighted by Crippen LogP contribution is 2.23. The van der Waals surface area contributed by atoms with Crippen LogP contribution in [0.25, 0.3) is 5.65 Å². The monoisotopic (exact) mass is 331 g/mol. The minimum absolute atomic E-state index is 0.0388. The van der Waals surface area contributed by atoms with E-state index in [1.807, 2.05) is 12.3 Å². The summed E-state index contributed by atoms with van der Waals surface area (Å²) >= 11 is 1.50. The molecule has 0 aliphatic heterocycles. The van der Waals surface area contributed by atoms with Crippen LogP contribution < -0.4 is 10.5 Å². The average molecular weight is 331 g/mol. The van der Waals surface area contributed by atoms with Crippen molar-refractivity contribution in [2.75, 3.05) is 11.9 Å². The maximum atomic E-state index is 12.4. The van der Waals surface area contributed by atoms with Gasteiger partial charge in [-0.1, -0.05) is 6.07 Å². The third kappa shape index (κ3) is 2.78. The molecule has 0 spiro atoms. The molecule has 0 saturated carbocycles. The summed E-state index contributed by atoms with van der Waals surface area (Å²) < 4.78 is 1.17. The van der Waals surface area contributed by atoms with Gasteiger partial charge in [0.05, 0.1) is 22.2 Å². The van der Waals surface area contributed by atoms with Crippen molar-refractivity contribution >= 4 is 28.5 Å². The summed E-state index contributed by atoms with van der Waals surface area (Å²) in [5.41, 5.74) is -0.0983. The van der Waals surface area contributed by atoms with Gasteiger partial charge < -0.3 is 4.90 Å². The lowest BCUT2D eigenvalue weighted by Gasteiger charge is -2.17. The molecule has 118 valence electrons. The van der Waals surface area contributed by atoms with Crippen molar-refractivity contribution in [3.63, 3.8) is 0 Å². The number of thiazole rings is 1. The van der Waals surface area contributed by atoms with Crippen molar-refractivity contribution in [3.05, 3.63) is 60.9 Å². The van der Waals surface area contributed by atoms with Crippen molar-refractivity contribution in [1.82, 2.24) is 14.4 Å². The lowest BCUT2D eigenvalue weighted by Crippen LogP contribution is -2.26. The van der Waals surface area contributed by atoms with Crippen LogP contribution in [0.5, 0.6) is 0 Å². The number of nitrogens with zero attached hydrogens (tertiary/aromatic N) is 5. The summed E-state index contributed by atoms with van der Waals surface area (Å²) in [4.78, 5) is 33.2. The molecule has 3 rings (SSSR count). The lowest BCUT2D eigenvalue weighted by molar-refractivity contribution is -0.385. The highest BCUT2D eigenvalue weighted by molar-refractivity contribution is 7.09. The van der Waals surface area contributed by atoms with Gasteiger partial charge in [0.2, 0.25) is 5.82 Å². The van der Waals surface area contributed by atoms with Gasteiger partial charge in [0.25, 0.3) is 0 Å². The predicted molar refractivity (Wildman–Crippen MR) is 87.1 cm³/mol. The Bertz CT molecular complexity index is 949. The number of hydrogen-bond acceptors (Lipinski definition) is 7. The number of nitro groups is 1. The lowest BCUT2D eigenvalue weighted by atomic mass is 10.3. The molecule has 3 aromatic heterocycles. The van der Waals surface area contributed by atoms with E-state index < -0.39 is 16.2 Å². The Kier molecular flexibility index (Phi) is 3.78. The van der Waals surface area contributed by atoms with Crippen molar-refractivity contribution in [3.8, 4) is 0 Å². The van der Waals surface area contributed by atoms with Crippen LogP contribution in [0.15, 0.2) is 34.6 Å². The van der Waals surface area contributed by atoms with Gasteiger partial charge in [-0.15, -0.1) is 11.3 Å². The molecule has 0 saturated heterocycles. The molecular weight excluding hydrogens is 318 g/mol. The average Bonchev–Trinajstić information content (AvgIpc) is 2.91. The van der Waals surface area contributed by atoms with Crippen molar-refractivity contribution in [2.45, 2.75) is 13.5 Å². The Labute approximate surface area is 134 Å². The first-order valence-electron chi connectivity index (χ1n) is 6.75. The largest absolute Gasteiger partial charge is 0.376 e. The van der Waals surface area contributed by atoms with Crippen LogP contribution in [0.3, 0.4) is 0 Å². The van der Waals surface area contributed by atoms with Gasteiger partial charge in [-0.3, -0.25) is 19.3 Å². The van der Waals surface area contributed by atoms with Crippen molar-refractivity contribution < 1.29 is 4.92 Å². The molecule has 8 nitrogen and oxygen atoms in total. The fourth-order valence-electron chi connectivity index (χ4n) is 2.29. The summed E-state index contributed by atoms with van der Waals surface area (Å²) in [6.45, 7) is 2.22. The van der Waals surface area contributed by atoms with Gasteiger partial charge in [-0.2, -0.15) is 0 Å². The zero-order valence-corrected chi connectivity index (χ0v) is 13.3. The zero-order chi connectivity index (χ0) is 16.6. The molecule has 0 amide bonds. The number of fused-ring (bicyclic) bond motifs is 1. The van der Waals surface area contributed by atoms with Crippen LogP contribution in [0.4, 0.5) is 11.5 Å². The van der Waals surface area contributed by atoms with Gasteiger partial charge in [-0.25, -0.2) is 9.97 Å². The number of aromatic nitrogens is 3. The van der Waals surface area contributed by atoms with E-state index in [-0.39, 0.29) is 5.82 Å². The minimum atomic E-state index is -0.697. The number of rotatable bonds is 4. The molecule has 3 aromatic rings. The van der Waals surface area contributed by atoms with E-state index in [0.717, 1.165) is 10.7 Å². The second-order valence-electron chi connectivity index (χ2n) is 4.99. The molecular formula is C14H13N5O3S. The third-order valence-corrected chi connectivity index (χ3v) is 4.12. The molecule has 9 heteroatoms. The van der Waals surface area contributed by atoms with Crippen LogP contribution in [-0.4, -0.2) is 26.3 Å². The molecule has 0 aliphatic rings. The van der Waals surface area contributed by atoms with Crippen molar-refractivity contribution in [2.24, 2.45) is 0 Å². The van der Waals surface area contributed by atoms with E-state index in [9.17, 15) is 14.9 Å². The van der Waals surface area contributed by atoms with E-state index >= 15 is 0 Å². The first-order valence-corrected chi connectivity index (χ1v) is 7.63. The fourth-order valence-corrected chi connectivity index (χ4v) is 2.90. The molecule has 0 unspecified atom stereocenters. The SMILES string of the molecule is Cc1nc(CN(C)c2nc3ccccn3c(=O)c2[N+](=O)[O-])cs1. The Morgan fingerprint density at radius 3 is 2.83 bits per heavy atom. The molecule has 0 aromatic carbocycles. The van der Waals surface area contributed by atoms with Gasteiger partial charge in [0.15, 0.2) is 0 Å². The van der Waals surface area contributed by atoms with Crippen molar-refractivity contribution in [1.29, 1.82) is 0 Å². The highest BCUT2D eigenvalue weighted by Gasteiger charge is 2.26. The molecule has 23 heavy (non-hydrogen) atoms. The zero-order valence-electron chi connectivity index (χ0n) is 12.5. The third-order valence-electron chi connectivity index (χ3n) is 3.30. The number of anilines is 1. The number of aryl methyl sites for hydroxylation is 1. The summed E-state index contributed by atoms with van der Waals surface area (Å²) in [5, 5.41) is 14.2. The second-order valence-corrected chi connectivity index (χ2v) is 6.05. The smallest absolute Gasteiger partial charge is 0.348 e. The normalized spacial score (nSPS) is 10.9. The maximum absolute atomic E-state index is 12.4. The molecule has 0 fully saturated rings. The van der Waals surface area contributed by atoms with Crippen LogP contribution in [0, 0.1) is 17.0 Å². The van der Waals surface area contributed by atoms with E-state index in [2.05, 4.69) is 9.97 Å². The molecule has 0 atom stereocenters. The van der Waals surface area contributed by atoms with Crippen LogP contribution in [-0.2, 0) is 6.54 Å². The molecule has 0 bridgehead atoms. The second kappa shape index (κ2) is 5.76. The number of pyridine rings is 1. The predicted octanol–water partition coefficient (Wildman–Crippen LogP) is 2.00. The first-order chi connectivity index (χ1) is 11.0. The van der Waals surface area contributed by atoms with Crippen LogP contribution in [0.2, 0.25) is 0 Å². The Morgan fingerprint density at radius 1 is 1.39 bits per heavy atom. The number of hydrogen-bond donors (Lipinski definition) is 0. The molecule has 3 heterocycles. The maximum Gasteiger partial charge on any atom is 0.376 e. The standard InChI is InChI=1S/C14H13N5O3S/c1-9-15-10(8-23-9)7-17(2)13-12(19(21)22)14(20)18-6-4-3-5-11(18)16-13/h3-6,8H,7H2,1-2H3. The van der Waals surface area contributed by atoms with Gasteiger partial charge >= 0.3 is 11.2 Å². The van der Waals surface area contributed by atoms with E-state index in [4.69, 9.17) is 0 Å². The van der Waals surface area contributed by atoms with Crippen LogP contribution >= 0.6 is 11.3 Å². The highest BCUT2D eigenvalue weighted by atomic mass is 32.1. The quantitative estimate of drug-likeness (QED) is 0.536. The van der Waals surface area contributed by atoms with Crippen LogP contribution in [0.1, 0.15) is 10.7 Å². The van der Waals surface area contributed by atoms with Gasteiger partial charge in [0, 0.05) is 18.6 Å². The summed E-state index contributed by atoms with van der Waals surface area (Å²) in [5.74, 6) is 0.0388. The minimum Gasteiger partial charge on any atom is -0.348 e. The van der Waals surface area contributed by atoms with E-state index in [1.165, 1.54) is 21.9 Å². The summed E-state index contributed by atoms with van der Waals surface area (Å²) in [7, 11) is 1.66. The van der Waals surface area contributed by atoms with Gasteiger partial charge in [-0.05, 0) is 19.1 Å². The molecule has 0 radical (unpaired) electrons. The Hall–Kier alpha value is -2.81. The summed E-state index contributed by atoms with van der Waals surface area (Å²) in [6, 6.07) is 4.98. The fraction of sp³-hybridized carbons (Fsp3) is 0.214. The Balaban J connectivity index is 2.13. The Morgan fingerprint density at radius 2 is 2.17 bits per heavy atom. The molecule has 0 aliphatic carbocycles. The first kappa shape index (κ1) is 15.1.